The van der Waals surface area contributed by atoms with Gasteiger partial charge in [0, 0.05) is 44.1 Å². The van der Waals surface area contributed by atoms with E-state index in [4.69, 9.17) is 5.11 Å². The number of unbranched alkanes of at least 4 members (excludes halogenated alkanes) is 1. The molecule has 1 rings (SSSR count). The third kappa shape index (κ3) is 6.46. The number of hydrogen-bond acceptors (Lipinski definition) is 4. The Balaban J connectivity index is 2.20. The molecule has 0 radical (unpaired) electrons. The van der Waals surface area contributed by atoms with E-state index in [1.807, 2.05) is 19.2 Å². The van der Waals surface area contributed by atoms with E-state index in [0.717, 1.165) is 51.3 Å². The van der Waals surface area contributed by atoms with Crippen LogP contribution in [0.3, 0.4) is 0 Å². The highest BCUT2D eigenvalue weighted by Crippen LogP contribution is 2.10. The molecule has 0 aromatic carbocycles. The van der Waals surface area contributed by atoms with Gasteiger partial charge in [0.25, 0.3) is 0 Å². The van der Waals surface area contributed by atoms with Crippen LogP contribution in [0.4, 0.5) is 0 Å². The summed E-state index contributed by atoms with van der Waals surface area (Å²) < 4.78 is 0. The van der Waals surface area contributed by atoms with Crippen LogP contribution in [0.1, 0.15) is 26.7 Å². The van der Waals surface area contributed by atoms with Gasteiger partial charge in [-0.15, -0.1) is 0 Å². The lowest BCUT2D eigenvalue weighted by molar-refractivity contribution is 0.0711. The Hall–Kier alpha value is -0.970. The van der Waals surface area contributed by atoms with Crippen LogP contribution in [0.2, 0.25) is 0 Å². The molecular formula is C16H29N3O. The zero-order valence-electron chi connectivity index (χ0n) is 13.0. The summed E-state index contributed by atoms with van der Waals surface area (Å²) in [6.07, 6.45) is 7.85. The molecule has 1 saturated heterocycles. The van der Waals surface area contributed by atoms with E-state index in [2.05, 4.69) is 28.3 Å². The largest absolute Gasteiger partial charge is 0.395 e. The number of hydrogen-bond donors (Lipinski definition) is 1. The second kappa shape index (κ2) is 9.86. The Bertz CT molecular complexity index is 339. The summed E-state index contributed by atoms with van der Waals surface area (Å²) in [4.78, 5) is 9.24. The summed E-state index contributed by atoms with van der Waals surface area (Å²) in [6, 6.07) is 0.578. The SMILES string of the molecule is C=C/C=C(/C)N=CCCCN1CCN(CCO)CC1C. The van der Waals surface area contributed by atoms with Crippen molar-refractivity contribution in [1.29, 1.82) is 0 Å². The minimum absolute atomic E-state index is 0.265. The number of β-amino-alcohol motifs (C(OH)–C–C–N with tert-alkyl or cyclic N) is 1. The van der Waals surface area contributed by atoms with E-state index in [1.54, 1.807) is 6.08 Å². The van der Waals surface area contributed by atoms with Gasteiger partial charge in [-0.25, -0.2) is 0 Å². The van der Waals surface area contributed by atoms with Crippen molar-refractivity contribution in [2.45, 2.75) is 32.7 Å². The number of rotatable bonds is 8. The summed E-state index contributed by atoms with van der Waals surface area (Å²) in [7, 11) is 0. The third-order valence-electron chi connectivity index (χ3n) is 3.70. The van der Waals surface area contributed by atoms with Gasteiger partial charge in [-0.2, -0.15) is 0 Å². The van der Waals surface area contributed by atoms with Crippen LogP contribution in [0.15, 0.2) is 29.4 Å². The normalized spacial score (nSPS) is 22.6. The van der Waals surface area contributed by atoms with Gasteiger partial charge in [0.15, 0.2) is 0 Å². The Kier molecular flexibility index (Phi) is 8.42. The molecule has 1 heterocycles. The summed E-state index contributed by atoms with van der Waals surface area (Å²) in [5, 5.41) is 8.97. The number of allylic oxidation sites excluding steroid dienone is 3. The van der Waals surface area contributed by atoms with E-state index >= 15 is 0 Å². The lowest BCUT2D eigenvalue weighted by Gasteiger charge is -2.39. The molecule has 1 unspecified atom stereocenters. The maximum absolute atomic E-state index is 8.97. The minimum atomic E-state index is 0.265. The van der Waals surface area contributed by atoms with Gasteiger partial charge >= 0.3 is 0 Å². The number of aliphatic hydroxyl groups excluding tert-OH is 1. The van der Waals surface area contributed by atoms with Crippen molar-refractivity contribution in [3.63, 3.8) is 0 Å². The Morgan fingerprint density at radius 1 is 1.40 bits per heavy atom. The van der Waals surface area contributed by atoms with Crippen molar-refractivity contribution in [2.24, 2.45) is 4.99 Å². The zero-order valence-corrected chi connectivity index (χ0v) is 13.0. The molecule has 0 bridgehead atoms. The quantitative estimate of drug-likeness (QED) is 0.419. The number of aliphatic hydroxyl groups is 1. The molecule has 1 fully saturated rings. The highest BCUT2D eigenvalue weighted by molar-refractivity contribution is 5.58. The van der Waals surface area contributed by atoms with Crippen LogP contribution >= 0.6 is 0 Å². The molecular weight excluding hydrogens is 250 g/mol. The Morgan fingerprint density at radius 2 is 2.20 bits per heavy atom. The average molecular weight is 279 g/mol. The Labute approximate surface area is 123 Å². The summed E-state index contributed by atoms with van der Waals surface area (Å²) in [5.74, 6) is 0. The molecule has 1 N–H and O–H groups in total. The average Bonchev–Trinajstić information content (AvgIpc) is 2.41. The van der Waals surface area contributed by atoms with Crippen molar-refractivity contribution in [1.82, 2.24) is 9.80 Å². The molecule has 1 atom stereocenters. The van der Waals surface area contributed by atoms with Gasteiger partial charge in [0.05, 0.1) is 6.61 Å². The van der Waals surface area contributed by atoms with Crippen LogP contribution in [0, 0.1) is 0 Å². The molecule has 0 aliphatic carbocycles. The van der Waals surface area contributed by atoms with E-state index < -0.39 is 0 Å². The topological polar surface area (TPSA) is 39.1 Å². The van der Waals surface area contributed by atoms with Crippen molar-refractivity contribution in [3.8, 4) is 0 Å². The molecule has 114 valence electrons. The maximum atomic E-state index is 8.97. The van der Waals surface area contributed by atoms with Crippen molar-refractivity contribution in [2.75, 3.05) is 39.3 Å². The number of piperazine rings is 1. The van der Waals surface area contributed by atoms with Gasteiger partial charge in [-0.05, 0) is 39.3 Å². The van der Waals surface area contributed by atoms with E-state index in [9.17, 15) is 0 Å². The molecule has 4 nitrogen and oxygen atoms in total. The summed E-state index contributed by atoms with van der Waals surface area (Å²) in [6.45, 7) is 13.4. The molecule has 1 aliphatic rings. The third-order valence-corrected chi connectivity index (χ3v) is 3.70. The van der Waals surface area contributed by atoms with Crippen LogP contribution in [-0.2, 0) is 0 Å². The predicted molar refractivity (Wildman–Crippen MR) is 86.2 cm³/mol. The standard InChI is InChI=1S/C16H29N3O/c1-4-7-15(2)17-8-5-6-9-19-11-10-18(12-13-20)14-16(19)3/h4,7-8,16,20H,1,5-6,9-14H2,2-3H3/b15-7-,17-8?. The summed E-state index contributed by atoms with van der Waals surface area (Å²) >= 11 is 0. The lowest BCUT2D eigenvalue weighted by Crippen LogP contribution is -2.52. The van der Waals surface area contributed by atoms with Crippen LogP contribution in [0.5, 0.6) is 0 Å². The fraction of sp³-hybridized carbons (Fsp3) is 0.688. The first-order chi connectivity index (χ1) is 9.67. The van der Waals surface area contributed by atoms with Gasteiger partial charge < -0.3 is 5.11 Å². The fourth-order valence-electron chi connectivity index (χ4n) is 2.56. The molecule has 20 heavy (non-hydrogen) atoms. The lowest BCUT2D eigenvalue weighted by atomic mass is 10.1. The predicted octanol–water partition coefficient (Wildman–Crippen LogP) is 1.93. The van der Waals surface area contributed by atoms with Crippen molar-refractivity contribution < 1.29 is 5.11 Å². The van der Waals surface area contributed by atoms with E-state index in [0.29, 0.717) is 6.04 Å². The molecule has 1 aliphatic heterocycles. The van der Waals surface area contributed by atoms with E-state index in [-0.39, 0.29) is 6.61 Å². The maximum Gasteiger partial charge on any atom is 0.0558 e. The highest BCUT2D eigenvalue weighted by atomic mass is 16.3. The molecule has 0 aromatic heterocycles. The highest BCUT2D eigenvalue weighted by Gasteiger charge is 2.22. The smallest absolute Gasteiger partial charge is 0.0558 e. The molecule has 0 aromatic rings. The first-order valence-electron chi connectivity index (χ1n) is 7.56. The fourth-order valence-corrected chi connectivity index (χ4v) is 2.56. The number of nitrogens with zero attached hydrogens (tertiary/aromatic N) is 3. The molecule has 0 saturated carbocycles. The zero-order chi connectivity index (χ0) is 14.8. The van der Waals surface area contributed by atoms with Crippen LogP contribution < -0.4 is 0 Å². The van der Waals surface area contributed by atoms with E-state index in [1.165, 1.54) is 0 Å². The molecule has 4 heteroatoms. The monoisotopic (exact) mass is 279 g/mol. The van der Waals surface area contributed by atoms with Gasteiger partial charge in [0.2, 0.25) is 0 Å². The minimum Gasteiger partial charge on any atom is -0.395 e. The second-order valence-corrected chi connectivity index (χ2v) is 5.41. The Morgan fingerprint density at radius 3 is 2.85 bits per heavy atom. The van der Waals surface area contributed by atoms with Crippen LogP contribution in [0.25, 0.3) is 0 Å². The first-order valence-corrected chi connectivity index (χ1v) is 7.56. The van der Waals surface area contributed by atoms with Gasteiger partial charge in [-0.3, -0.25) is 14.8 Å². The van der Waals surface area contributed by atoms with Crippen LogP contribution in [-0.4, -0.2) is 66.5 Å². The van der Waals surface area contributed by atoms with Gasteiger partial charge in [-0.1, -0.05) is 12.7 Å². The van der Waals surface area contributed by atoms with Crippen molar-refractivity contribution in [3.05, 3.63) is 24.4 Å². The second-order valence-electron chi connectivity index (χ2n) is 5.41. The molecule has 0 amide bonds. The molecule has 0 spiro atoms. The van der Waals surface area contributed by atoms with Crippen molar-refractivity contribution >= 4 is 6.21 Å². The number of aliphatic imine (C=N–C) groups is 1. The van der Waals surface area contributed by atoms with Gasteiger partial charge in [0.1, 0.15) is 0 Å². The summed E-state index contributed by atoms with van der Waals surface area (Å²) in [5.41, 5.74) is 1.01. The first kappa shape index (κ1) is 17.1.